The Morgan fingerprint density at radius 1 is 1.17 bits per heavy atom. The summed E-state index contributed by atoms with van der Waals surface area (Å²) in [5.74, 6) is -1.37. The predicted molar refractivity (Wildman–Crippen MR) is 112 cm³/mol. The van der Waals surface area contributed by atoms with E-state index in [1.807, 2.05) is 20.1 Å². The van der Waals surface area contributed by atoms with Crippen molar-refractivity contribution in [2.75, 3.05) is 25.1 Å². The molecule has 0 spiro atoms. The standard InChI is InChI=1S/C20H31N3O5S/c1-5-13(2)15(12-17(25)16(8-11-29-4)22-14(3)24)20(28)21-9-10-23-18(26)6-7-19(23)27/h6-7,13,15-16H,5,8-12H2,1-4H3,(H,21,28)(H,22,24)/t13-,15-,16-/m0/s1. The summed E-state index contributed by atoms with van der Waals surface area (Å²) in [5.41, 5.74) is 0. The molecule has 1 rings (SSSR count). The molecule has 1 aliphatic heterocycles. The zero-order chi connectivity index (χ0) is 22.0. The van der Waals surface area contributed by atoms with E-state index in [9.17, 15) is 24.0 Å². The fourth-order valence-electron chi connectivity index (χ4n) is 3.06. The van der Waals surface area contributed by atoms with Crippen LogP contribution < -0.4 is 10.6 Å². The van der Waals surface area contributed by atoms with Crippen molar-refractivity contribution in [1.82, 2.24) is 15.5 Å². The monoisotopic (exact) mass is 425 g/mol. The predicted octanol–water partition coefficient (Wildman–Crippen LogP) is 0.907. The van der Waals surface area contributed by atoms with E-state index in [-0.39, 0.29) is 43.0 Å². The molecular weight excluding hydrogens is 394 g/mol. The number of nitrogens with zero attached hydrogens (tertiary/aromatic N) is 1. The molecule has 1 aliphatic rings. The first-order chi connectivity index (χ1) is 13.7. The van der Waals surface area contributed by atoms with Crippen molar-refractivity contribution < 1.29 is 24.0 Å². The van der Waals surface area contributed by atoms with E-state index in [2.05, 4.69) is 10.6 Å². The first-order valence-electron chi connectivity index (χ1n) is 9.81. The van der Waals surface area contributed by atoms with E-state index >= 15 is 0 Å². The normalized spacial score (nSPS) is 16.5. The molecule has 9 heteroatoms. The molecule has 3 atom stereocenters. The van der Waals surface area contributed by atoms with Gasteiger partial charge < -0.3 is 10.6 Å². The van der Waals surface area contributed by atoms with Gasteiger partial charge in [0, 0.05) is 44.5 Å². The Balaban J connectivity index is 2.70. The highest BCUT2D eigenvalue weighted by Gasteiger charge is 2.30. The molecule has 2 N–H and O–H groups in total. The highest BCUT2D eigenvalue weighted by Crippen LogP contribution is 2.21. The Kier molecular flexibility index (Phi) is 10.6. The molecular formula is C20H31N3O5S. The number of nitrogens with one attached hydrogen (secondary N) is 2. The molecule has 0 saturated heterocycles. The lowest BCUT2D eigenvalue weighted by atomic mass is 9.85. The molecule has 0 aromatic heterocycles. The van der Waals surface area contributed by atoms with Gasteiger partial charge in [0.15, 0.2) is 5.78 Å². The minimum atomic E-state index is -0.606. The number of thioether (sulfide) groups is 1. The molecule has 162 valence electrons. The van der Waals surface area contributed by atoms with Crippen LogP contribution in [0.3, 0.4) is 0 Å². The highest BCUT2D eigenvalue weighted by molar-refractivity contribution is 7.98. The van der Waals surface area contributed by atoms with Crippen molar-refractivity contribution in [3.8, 4) is 0 Å². The Morgan fingerprint density at radius 3 is 2.31 bits per heavy atom. The topological polar surface area (TPSA) is 113 Å². The molecule has 4 amide bonds. The number of ketones is 1. The van der Waals surface area contributed by atoms with E-state index in [1.165, 1.54) is 19.1 Å². The maximum absolute atomic E-state index is 12.8. The van der Waals surface area contributed by atoms with E-state index in [0.29, 0.717) is 12.8 Å². The quantitative estimate of drug-likeness (QED) is 0.424. The van der Waals surface area contributed by atoms with Gasteiger partial charge >= 0.3 is 0 Å². The van der Waals surface area contributed by atoms with Crippen LogP contribution in [0.1, 0.15) is 40.0 Å². The Morgan fingerprint density at radius 2 is 1.79 bits per heavy atom. The van der Waals surface area contributed by atoms with Crippen LogP contribution in [0.5, 0.6) is 0 Å². The van der Waals surface area contributed by atoms with E-state index in [0.717, 1.165) is 10.7 Å². The van der Waals surface area contributed by atoms with Gasteiger partial charge in [-0.1, -0.05) is 20.3 Å². The zero-order valence-corrected chi connectivity index (χ0v) is 18.3. The summed E-state index contributed by atoms with van der Waals surface area (Å²) in [6.45, 7) is 5.43. The van der Waals surface area contributed by atoms with Crippen LogP contribution >= 0.6 is 11.8 Å². The van der Waals surface area contributed by atoms with Crippen LogP contribution in [0.25, 0.3) is 0 Å². The summed E-state index contributed by atoms with van der Waals surface area (Å²) in [7, 11) is 0. The summed E-state index contributed by atoms with van der Waals surface area (Å²) >= 11 is 1.59. The molecule has 0 aromatic carbocycles. The molecule has 0 radical (unpaired) electrons. The smallest absolute Gasteiger partial charge is 0.253 e. The SMILES string of the molecule is CC[C@H](C)[C@H](CC(=O)[C@H](CCSC)NC(C)=O)C(=O)NCCN1C(=O)C=CC1=O. The fraction of sp³-hybridized carbons (Fsp3) is 0.650. The summed E-state index contributed by atoms with van der Waals surface area (Å²) in [6.07, 6.45) is 5.58. The number of Topliss-reactive ketones (excluding diaryl/α,β-unsaturated/α-hetero) is 1. The minimum absolute atomic E-state index is 0.0311. The van der Waals surface area contributed by atoms with Gasteiger partial charge in [-0.2, -0.15) is 11.8 Å². The average Bonchev–Trinajstić information content (AvgIpc) is 3.00. The third kappa shape index (κ3) is 8.00. The highest BCUT2D eigenvalue weighted by atomic mass is 32.2. The van der Waals surface area contributed by atoms with E-state index < -0.39 is 23.8 Å². The number of hydrogen-bond donors (Lipinski definition) is 2. The van der Waals surface area contributed by atoms with Crippen molar-refractivity contribution in [2.45, 2.75) is 46.1 Å². The molecule has 0 bridgehead atoms. The zero-order valence-electron chi connectivity index (χ0n) is 17.5. The molecule has 0 aromatic rings. The van der Waals surface area contributed by atoms with Crippen LogP contribution in [0.2, 0.25) is 0 Å². The summed E-state index contributed by atoms with van der Waals surface area (Å²) in [4.78, 5) is 61.1. The second-order valence-corrected chi connectivity index (χ2v) is 8.14. The van der Waals surface area contributed by atoms with Crippen molar-refractivity contribution in [1.29, 1.82) is 0 Å². The Hall–Kier alpha value is -2.16. The third-order valence-corrected chi connectivity index (χ3v) is 5.64. The first-order valence-corrected chi connectivity index (χ1v) is 11.2. The van der Waals surface area contributed by atoms with Crippen LogP contribution in [0, 0.1) is 11.8 Å². The molecule has 0 fully saturated rings. The van der Waals surface area contributed by atoms with Gasteiger partial charge in [-0.25, -0.2) is 0 Å². The van der Waals surface area contributed by atoms with Gasteiger partial charge in [0.05, 0.1) is 6.04 Å². The molecule has 8 nitrogen and oxygen atoms in total. The lowest BCUT2D eigenvalue weighted by Gasteiger charge is -2.25. The summed E-state index contributed by atoms with van der Waals surface area (Å²) in [6, 6.07) is -0.606. The maximum Gasteiger partial charge on any atom is 0.253 e. The first kappa shape index (κ1) is 24.9. The van der Waals surface area contributed by atoms with Crippen LogP contribution in [-0.4, -0.2) is 65.5 Å². The van der Waals surface area contributed by atoms with Crippen molar-refractivity contribution in [3.63, 3.8) is 0 Å². The molecule has 0 unspecified atom stereocenters. The van der Waals surface area contributed by atoms with Gasteiger partial charge in [0.2, 0.25) is 11.8 Å². The number of rotatable bonds is 13. The number of carbonyl (C=O) groups excluding carboxylic acids is 5. The Labute approximate surface area is 176 Å². The van der Waals surface area contributed by atoms with Crippen LogP contribution in [-0.2, 0) is 24.0 Å². The average molecular weight is 426 g/mol. The van der Waals surface area contributed by atoms with E-state index in [1.54, 1.807) is 11.8 Å². The number of carbonyl (C=O) groups is 5. The van der Waals surface area contributed by atoms with Gasteiger partial charge in [-0.3, -0.25) is 28.9 Å². The van der Waals surface area contributed by atoms with Crippen LogP contribution in [0.15, 0.2) is 12.2 Å². The van der Waals surface area contributed by atoms with Gasteiger partial charge in [0.1, 0.15) is 0 Å². The lowest BCUT2D eigenvalue weighted by Crippen LogP contribution is -2.45. The number of amides is 4. The van der Waals surface area contributed by atoms with Gasteiger partial charge in [0.25, 0.3) is 11.8 Å². The largest absolute Gasteiger partial charge is 0.354 e. The third-order valence-electron chi connectivity index (χ3n) is 5.00. The number of imide groups is 1. The van der Waals surface area contributed by atoms with Crippen LogP contribution in [0.4, 0.5) is 0 Å². The van der Waals surface area contributed by atoms with Gasteiger partial charge in [-0.15, -0.1) is 0 Å². The van der Waals surface area contributed by atoms with Crippen molar-refractivity contribution >= 4 is 41.2 Å². The summed E-state index contributed by atoms with van der Waals surface area (Å²) < 4.78 is 0. The molecule has 0 aliphatic carbocycles. The van der Waals surface area contributed by atoms with E-state index in [4.69, 9.17) is 0 Å². The molecule has 29 heavy (non-hydrogen) atoms. The molecule has 0 saturated carbocycles. The number of hydrogen-bond acceptors (Lipinski definition) is 6. The van der Waals surface area contributed by atoms with Gasteiger partial charge in [-0.05, 0) is 24.3 Å². The second-order valence-electron chi connectivity index (χ2n) is 7.15. The fourth-order valence-corrected chi connectivity index (χ4v) is 3.54. The van der Waals surface area contributed by atoms with Crippen molar-refractivity contribution in [2.24, 2.45) is 11.8 Å². The van der Waals surface area contributed by atoms with Crippen molar-refractivity contribution in [3.05, 3.63) is 12.2 Å². The maximum atomic E-state index is 12.8. The summed E-state index contributed by atoms with van der Waals surface area (Å²) in [5, 5.41) is 5.42. The lowest BCUT2D eigenvalue weighted by molar-refractivity contribution is -0.137. The Bertz CT molecular complexity index is 647. The second kappa shape index (κ2) is 12.4. The minimum Gasteiger partial charge on any atom is -0.354 e. The molecule has 1 heterocycles.